The van der Waals surface area contributed by atoms with E-state index in [1.165, 1.54) is 30.2 Å². The Balaban J connectivity index is 1.38. The number of likely N-dealkylation sites (tertiary alicyclic amines) is 1. The summed E-state index contributed by atoms with van der Waals surface area (Å²) in [6.45, 7) is 2.79. The molecule has 0 spiro atoms. The average Bonchev–Trinajstić information content (AvgIpc) is 3.42. The van der Waals surface area contributed by atoms with E-state index in [2.05, 4.69) is 25.4 Å². The predicted molar refractivity (Wildman–Crippen MR) is 134 cm³/mol. The highest BCUT2D eigenvalue weighted by Crippen LogP contribution is 2.34. The number of carbonyl (C=O) groups excluding carboxylic acids is 2. The first-order chi connectivity index (χ1) is 17.3. The second-order valence-electron chi connectivity index (χ2n) is 8.32. The molecule has 5 heterocycles. The summed E-state index contributed by atoms with van der Waals surface area (Å²) in [5.74, 6) is -0.162. The van der Waals surface area contributed by atoms with Crippen LogP contribution in [0.5, 0.6) is 5.75 Å². The first-order valence-corrected chi connectivity index (χ1v) is 12.3. The Bertz CT molecular complexity index is 1430. The van der Waals surface area contributed by atoms with Crippen LogP contribution in [0.4, 0.5) is 5.13 Å². The first-order valence-electron chi connectivity index (χ1n) is 11.1. The summed E-state index contributed by atoms with van der Waals surface area (Å²) in [5.41, 5.74) is 2.48. The average molecular weight is 528 g/mol. The van der Waals surface area contributed by atoms with E-state index >= 15 is 0 Å². The lowest BCUT2D eigenvalue weighted by molar-refractivity contribution is 0.0542. The molecule has 0 bridgehead atoms. The number of piperidine rings is 1. The van der Waals surface area contributed by atoms with E-state index in [1.54, 1.807) is 17.0 Å². The molecule has 36 heavy (non-hydrogen) atoms. The summed E-state index contributed by atoms with van der Waals surface area (Å²) in [7, 11) is 1.52. The number of carbonyl (C=O) groups is 2. The van der Waals surface area contributed by atoms with Crippen molar-refractivity contribution in [3.05, 3.63) is 52.8 Å². The van der Waals surface area contributed by atoms with Gasteiger partial charge in [-0.15, -0.1) is 5.10 Å². The van der Waals surface area contributed by atoms with Crippen LogP contribution in [-0.4, -0.2) is 72.7 Å². The smallest absolute Gasteiger partial charge is 0.274 e. The number of ether oxygens (including phenoxy) is 1. The van der Waals surface area contributed by atoms with Crippen molar-refractivity contribution in [1.29, 1.82) is 0 Å². The number of nitrogens with one attached hydrogen (secondary N) is 1. The summed E-state index contributed by atoms with van der Waals surface area (Å²) in [6.07, 6.45) is 5.26. The van der Waals surface area contributed by atoms with Gasteiger partial charge in [-0.1, -0.05) is 22.9 Å². The molecular formula is C23H22ClN7O4S. The Hall–Kier alpha value is -3.61. The fourth-order valence-electron chi connectivity index (χ4n) is 4.00. The molecule has 1 aliphatic rings. The van der Waals surface area contributed by atoms with Gasteiger partial charge in [-0.05, 0) is 31.9 Å². The zero-order chi connectivity index (χ0) is 25.4. The fraction of sp³-hybridized carbons (Fsp3) is 0.304. The number of methoxy groups -OCH3 is 1. The number of rotatable bonds is 5. The zero-order valence-corrected chi connectivity index (χ0v) is 21.0. The molecule has 1 saturated heterocycles. The summed E-state index contributed by atoms with van der Waals surface area (Å²) in [5, 5.41) is 17.4. The van der Waals surface area contributed by atoms with E-state index < -0.39 is 5.91 Å². The van der Waals surface area contributed by atoms with Gasteiger partial charge in [0.1, 0.15) is 16.6 Å². The highest BCUT2D eigenvalue weighted by atomic mass is 35.5. The van der Waals surface area contributed by atoms with E-state index in [1.807, 2.05) is 6.92 Å². The minimum absolute atomic E-state index is 0.203. The Morgan fingerprint density at radius 2 is 1.97 bits per heavy atom. The molecule has 0 atom stereocenters. The summed E-state index contributed by atoms with van der Waals surface area (Å²) >= 11 is 7.25. The molecule has 4 aromatic rings. The quantitative estimate of drug-likeness (QED) is 0.378. The van der Waals surface area contributed by atoms with Crippen molar-refractivity contribution in [1.82, 2.24) is 29.5 Å². The SMILES string of the molecule is COc1cnc(Cl)cc1-c1cc(C)ncc1C(=O)Nc1nn2cc(C(=O)N3CCC(O)CC3)nc2s1. The number of hydrogen-bond donors (Lipinski definition) is 2. The molecule has 0 radical (unpaired) electrons. The van der Waals surface area contributed by atoms with Crippen molar-refractivity contribution in [3.8, 4) is 16.9 Å². The van der Waals surface area contributed by atoms with Gasteiger partial charge in [0.05, 0.1) is 31.2 Å². The molecule has 186 valence electrons. The lowest BCUT2D eigenvalue weighted by Crippen LogP contribution is -2.40. The van der Waals surface area contributed by atoms with E-state index in [4.69, 9.17) is 16.3 Å². The van der Waals surface area contributed by atoms with Gasteiger partial charge in [-0.25, -0.2) is 14.5 Å². The highest BCUT2D eigenvalue weighted by Gasteiger charge is 2.25. The minimum Gasteiger partial charge on any atom is -0.494 e. The number of amides is 2. The van der Waals surface area contributed by atoms with Crippen LogP contribution >= 0.6 is 22.9 Å². The van der Waals surface area contributed by atoms with E-state index in [9.17, 15) is 14.7 Å². The first kappa shape index (κ1) is 24.1. The lowest BCUT2D eigenvalue weighted by atomic mass is 10.0. The van der Waals surface area contributed by atoms with Gasteiger partial charge in [-0.2, -0.15) is 0 Å². The Labute approximate surface area is 214 Å². The number of aliphatic hydroxyl groups excluding tert-OH is 1. The van der Waals surface area contributed by atoms with Crippen LogP contribution in [0.3, 0.4) is 0 Å². The number of aryl methyl sites for hydroxylation is 1. The standard InChI is InChI=1S/C23H22ClN7O4S/c1-12-7-14(15-8-19(24)26-10-18(15)35-2)16(9-25-12)20(33)28-22-29-31-11-17(27-23(31)36-22)21(34)30-5-3-13(32)4-6-30/h7-11,13,32H,3-6H2,1-2H3,(H,28,29,33). The second-order valence-corrected chi connectivity index (χ2v) is 9.66. The number of aromatic nitrogens is 5. The number of pyridine rings is 2. The third-order valence-corrected chi connectivity index (χ3v) is 6.91. The summed E-state index contributed by atoms with van der Waals surface area (Å²) in [4.78, 5) is 40.8. The van der Waals surface area contributed by atoms with Crippen molar-refractivity contribution >= 4 is 44.8 Å². The number of halogens is 1. The molecule has 4 aromatic heterocycles. The van der Waals surface area contributed by atoms with Crippen LogP contribution in [0.15, 0.2) is 30.7 Å². The lowest BCUT2D eigenvalue weighted by Gasteiger charge is -2.28. The minimum atomic E-state index is -0.423. The molecule has 11 nitrogen and oxygen atoms in total. The van der Waals surface area contributed by atoms with E-state index in [0.717, 1.165) is 11.3 Å². The fourth-order valence-corrected chi connectivity index (χ4v) is 4.94. The van der Waals surface area contributed by atoms with Gasteiger partial charge in [0.2, 0.25) is 10.1 Å². The Morgan fingerprint density at radius 3 is 2.69 bits per heavy atom. The molecule has 13 heteroatoms. The maximum absolute atomic E-state index is 13.2. The highest BCUT2D eigenvalue weighted by molar-refractivity contribution is 7.20. The zero-order valence-electron chi connectivity index (χ0n) is 19.4. The molecule has 0 unspecified atom stereocenters. The van der Waals surface area contributed by atoms with Crippen molar-refractivity contribution in [2.45, 2.75) is 25.9 Å². The number of fused-ring (bicyclic) bond motifs is 1. The molecule has 1 fully saturated rings. The van der Waals surface area contributed by atoms with Crippen molar-refractivity contribution in [3.63, 3.8) is 0 Å². The Kier molecular flexibility index (Phi) is 6.56. The van der Waals surface area contributed by atoms with Gasteiger partial charge >= 0.3 is 0 Å². The van der Waals surface area contributed by atoms with Gasteiger partial charge < -0.3 is 14.7 Å². The topological polar surface area (TPSA) is 135 Å². The van der Waals surface area contributed by atoms with Crippen LogP contribution in [0.1, 0.15) is 39.4 Å². The molecule has 0 saturated carbocycles. The molecule has 2 N–H and O–H groups in total. The molecule has 1 aliphatic heterocycles. The summed E-state index contributed by atoms with van der Waals surface area (Å²) < 4.78 is 6.88. The van der Waals surface area contributed by atoms with E-state index in [-0.39, 0.29) is 22.9 Å². The van der Waals surface area contributed by atoms with Crippen molar-refractivity contribution in [2.24, 2.45) is 0 Å². The van der Waals surface area contributed by atoms with Crippen LogP contribution in [0, 0.1) is 6.92 Å². The van der Waals surface area contributed by atoms with Crippen LogP contribution in [-0.2, 0) is 0 Å². The van der Waals surface area contributed by atoms with Gasteiger partial charge in [0.25, 0.3) is 11.8 Å². The van der Waals surface area contributed by atoms with E-state index in [0.29, 0.717) is 64.2 Å². The van der Waals surface area contributed by atoms with Crippen LogP contribution < -0.4 is 10.1 Å². The Morgan fingerprint density at radius 1 is 1.19 bits per heavy atom. The maximum atomic E-state index is 13.2. The third kappa shape index (κ3) is 4.74. The maximum Gasteiger partial charge on any atom is 0.274 e. The van der Waals surface area contributed by atoms with Crippen LogP contribution in [0.2, 0.25) is 5.15 Å². The third-order valence-electron chi connectivity index (χ3n) is 5.86. The van der Waals surface area contributed by atoms with Gasteiger partial charge in [0.15, 0.2) is 0 Å². The molecule has 2 amide bonds. The predicted octanol–water partition coefficient (Wildman–Crippen LogP) is 3.07. The number of aliphatic hydroxyl groups is 1. The van der Waals surface area contributed by atoms with Gasteiger partial charge in [0, 0.05) is 36.1 Å². The monoisotopic (exact) mass is 527 g/mol. The van der Waals surface area contributed by atoms with Crippen LogP contribution in [0.25, 0.3) is 16.1 Å². The number of nitrogens with zero attached hydrogens (tertiary/aromatic N) is 6. The molecule has 5 rings (SSSR count). The molecular weight excluding hydrogens is 506 g/mol. The number of imidazole rings is 1. The normalized spacial score (nSPS) is 14.3. The second kappa shape index (κ2) is 9.80. The van der Waals surface area contributed by atoms with Gasteiger partial charge in [-0.3, -0.25) is 19.9 Å². The molecule has 0 aromatic carbocycles. The molecule has 0 aliphatic carbocycles. The summed E-state index contributed by atoms with van der Waals surface area (Å²) in [6, 6.07) is 3.40. The van der Waals surface area contributed by atoms with Crippen molar-refractivity contribution in [2.75, 3.05) is 25.5 Å². The number of anilines is 1. The van der Waals surface area contributed by atoms with Crippen molar-refractivity contribution < 1.29 is 19.4 Å². The largest absolute Gasteiger partial charge is 0.494 e. The number of hydrogen-bond acceptors (Lipinski definition) is 9.